The molecule has 2 rings (SSSR count). The molecule has 0 unspecified atom stereocenters. The van der Waals surface area contributed by atoms with Crippen molar-refractivity contribution in [1.82, 2.24) is 10.3 Å². The number of hydrogen-bond acceptors (Lipinski definition) is 3. The maximum Gasteiger partial charge on any atom is 0.255 e. The van der Waals surface area contributed by atoms with Gasteiger partial charge < -0.3 is 11.1 Å². The molecule has 0 aliphatic heterocycles. The lowest BCUT2D eigenvalue weighted by Crippen LogP contribution is -2.30. The van der Waals surface area contributed by atoms with Crippen LogP contribution in [0.15, 0.2) is 12.3 Å². The Morgan fingerprint density at radius 2 is 2.35 bits per heavy atom. The quantitative estimate of drug-likeness (QED) is 0.837. The summed E-state index contributed by atoms with van der Waals surface area (Å²) in [7, 11) is 0. The van der Waals surface area contributed by atoms with E-state index in [2.05, 4.69) is 17.2 Å². The van der Waals surface area contributed by atoms with E-state index in [0.717, 1.165) is 31.5 Å². The molecule has 1 fully saturated rings. The lowest BCUT2D eigenvalue weighted by Gasteiger charge is -2.13. The molecule has 3 N–H and O–H groups in total. The van der Waals surface area contributed by atoms with Gasteiger partial charge in [0.2, 0.25) is 0 Å². The monoisotopic (exact) mass is 237 g/mol. The molecule has 0 aromatic carbocycles. The Labute approximate surface area is 99.4 Å². The molecule has 1 amide bonds. The second-order valence-corrected chi connectivity index (χ2v) is 4.62. The molecule has 0 spiro atoms. The van der Waals surface area contributed by atoms with Gasteiger partial charge >= 0.3 is 0 Å². The molecular formula is C12H16FN3O. The molecule has 4 nitrogen and oxygen atoms in total. The highest BCUT2D eigenvalue weighted by Gasteiger charge is 2.40. The second kappa shape index (κ2) is 4.31. The Balaban J connectivity index is 2.02. The van der Waals surface area contributed by atoms with Crippen LogP contribution in [0.25, 0.3) is 0 Å². The molecule has 1 aliphatic rings. The zero-order valence-corrected chi connectivity index (χ0v) is 9.79. The molecule has 0 saturated heterocycles. The van der Waals surface area contributed by atoms with Gasteiger partial charge in [0.15, 0.2) is 0 Å². The number of pyridine rings is 1. The van der Waals surface area contributed by atoms with E-state index < -0.39 is 5.82 Å². The van der Waals surface area contributed by atoms with E-state index in [1.165, 1.54) is 0 Å². The van der Waals surface area contributed by atoms with Crippen molar-refractivity contribution in [3.63, 3.8) is 0 Å². The van der Waals surface area contributed by atoms with Crippen LogP contribution in [0.3, 0.4) is 0 Å². The Hall–Kier alpha value is -1.65. The average molecular weight is 237 g/mol. The topological polar surface area (TPSA) is 68.0 Å². The Morgan fingerprint density at radius 3 is 2.94 bits per heavy atom. The maximum absolute atomic E-state index is 13.0. The van der Waals surface area contributed by atoms with Crippen LogP contribution in [-0.4, -0.2) is 17.4 Å². The van der Waals surface area contributed by atoms with Gasteiger partial charge in [-0.2, -0.15) is 0 Å². The van der Waals surface area contributed by atoms with Gasteiger partial charge in [-0.15, -0.1) is 0 Å². The first-order valence-electron chi connectivity index (χ1n) is 5.75. The number of amides is 1. The number of nitrogens with one attached hydrogen (secondary N) is 1. The van der Waals surface area contributed by atoms with Crippen molar-refractivity contribution < 1.29 is 9.18 Å². The fourth-order valence-corrected chi connectivity index (χ4v) is 1.83. The van der Waals surface area contributed by atoms with Crippen molar-refractivity contribution in [3.8, 4) is 0 Å². The van der Waals surface area contributed by atoms with Crippen LogP contribution in [0, 0.1) is 11.2 Å². The van der Waals surface area contributed by atoms with Gasteiger partial charge in [-0.05, 0) is 30.7 Å². The maximum atomic E-state index is 13.0. The summed E-state index contributed by atoms with van der Waals surface area (Å²) in [6.45, 7) is 2.73. The summed E-state index contributed by atoms with van der Waals surface area (Å²) in [5.74, 6) is -0.847. The van der Waals surface area contributed by atoms with Gasteiger partial charge in [-0.25, -0.2) is 9.37 Å². The summed E-state index contributed by atoms with van der Waals surface area (Å²) in [4.78, 5) is 15.4. The average Bonchev–Trinajstić information content (AvgIpc) is 3.10. The molecule has 5 heteroatoms. The van der Waals surface area contributed by atoms with Crippen LogP contribution in [0.4, 0.5) is 10.2 Å². The molecule has 1 heterocycles. The first kappa shape index (κ1) is 11.8. The first-order valence-corrected chi connectivity index (χ1v) is 5.75. The number of nitrogens with zero attached hydrogens (tertiary/aromatic N) is 1. The lowest BCUT2D eigenvalue weighted by molar-refractivity contribution is 0.0944. The van der Waals surface area contributed by atoms with Crippen LogP contribution in [0.5, 0.6) is 0 Å². The predicted octanol–water partition coefficient (Wildman–Crippen LogP) is 1.72. The van der Waals surface area contributed by atoms with Crippen LogP contribution in [0.1, 0.15) is 36.5 Å². The van der Waals surface area contributed by atoms with Crippen molar-refractivity contribution >= 4 is 11.7 Å². The van der Waals surface area contributed by atoms with E-state index in [4.69, 9.17) is 5.73 Å². The number of rotatable bonds is 4. The minimum Gasteiger partial charge on any atom is -0.383 e. The summed E-state index contributed by atoms with van der Waals surface area (Å²) in [6, 6.07) is 1.11. The number of nitrogen functional groups attached to an aromatic ring is 1. The van der Waals surface area contributed by atoms with Gasteiger partial charge in [0.05, 0.1) is 11.8 Å². The normalized spacial score (nSPS) is 16.6. The largest absolute Gasteiger partial charge is 0.383 e. The highest BCUT2D eigenvalue weighted by Crippen LogP contribution is 2.47. The van der Waals surface area contributed by atoms with Crippen molar-refractivity contribution in [2.24, 2.45) is 5.41 Å². The summed E-state index contributed by atoms with van der Waals surface area (Å²) in [6.07, 6.45) is 4.33. The van der Waals surface area contributed by atoms with E-state index in [9.17, 15) is 9.18 Å². The third kappa shape index (κ3) is 2.54. The van der Waals surface area contributed by atoms with Crippen molar-refractivity contribution in [3.05, 3.63) is 23.6 Å². The molecular weight excluding hydrogens is 221 g/mol. The van der Waals surface area contributed by atoms with Crippen LogP contribution >= 0.6 is 0 Å². The lowest BCUT2D eigenvalue weighted by atomic mass is 10.0. The zero-order chi connectivity index (χ0) is 12.5. The number of nitrogens with two attached hydrogens (primary N) is 1. The van der Waals surface area contributed by atoms with Crippen LogP contribution in [0.2, 0.25) is 0 Å². The highest BCUT2D eigenvalue weighted by atomic mass is 19.1. The number of hydrogen-bond donors (Lipinski definition) is 2. The van der Waals surface area contributed by atoms with E-state index in [-0.39, 0.29) is 22.7 Å². The minimum absolute atomic E-state index is 0.0604. The second-order valence-electron chi connectivity index (χ2n) is 4.62. The number of carbonyl (C=O) groups excluding carboxylic acids is 1. The fraction of sp³-hybridized carbons (Fsp3) is 0.500. The Bertz CT molecular complexity index is 443. The van der Waals surface area contributed by atoms with E-state index in [1.54, 1.807) is 0 Å². The summed E-state index contributed by atoms with van der Waals surface area (Å²) in [5, 5.41) is 2.80. The summed E-state index contributed by atoms with van der Waals surface area (Å²) in [5.41, 5.74) is 5.90. The third-order valence-electron chi connectivity index (χ3n) is 3.46. The van der Waals surface area contributed by atoms with Crippen LogP contribution in [-0.2, 0) is 0 Å². The fourth-order valence-electron chi connectivity index (χ4n) is 1.83. The summed E-state index contributed by atoms with van der Waals surface area (Å²) < 4.78 is 13.0. The molecule has 1 saturated carbocycles. The van der Waals surface area contributed by atoms with Gasteiger partial charge in [0.1, 0.15) is 11.6 Å². The van der Waals surface area contributed by atoms with Gasteiger partial charge in [-0.3, -0.25) is 4.79 Å². The van der Waals surface area contributed by atoms with Crippen molar-refractivity contribution in [2.45, 2.75) is 26.2 Å². The molecule has 0 radical (unpaired) electrons. The number of aromatic nitrogens is 1. The third-order valence-corrected chi connectivity index (χ3v) is 3.46. The van der Waals surface area contributed by atoms with Crippen molar-refractivity contribution in [2.75, 3.05) is 12.3 Å². The first-order chi connectivity index (χ1) is 8.06. The molecule has 92 valence electrons. The molecule has 17 heavy (non-hydrogen) atoms. The SMILES string of the molecule is CCC1(CNC(=O)c2cc(F)cnc2N)CC1. The van der Waals surface area contributed by atoms with Gasteiger partial charge in [-0.1, -0.05) is 6.92 Å². The van der Waals surface area contributed by atoms with E-state index in [0.29, 0.717) is 6.54 Å². The molecule has 1 aromatic heterocycles. The highest BCUT2D eigenvalue weighted by molar-refractivity contribution is 5.98. The minimum atomic E-state index is -0.555. The van der Waals surface area contributed by atoms with Gasteiger partial charge in [0.25, 0.3) is 5.91 Å². The van der Waals surface area contributed by atoms with E-state index in [1.807, 2.05) is 0 Å². The standard InChI is InChI=1S/C12H16FN3O/c1-2-12(3-4-12)7-16-11(17)9-5-8(13)6-15-10(9)14/h5-6H,2-4,7H2,1H3,(H2,14,15)(H,16,17). The molecule has 1 aromatic rings. The van der Waals surface area contributed by atoms with Crippen molar-refractivity contribution in [1.29, 1.82) is 0 Å². The van der Waals surface area contributed by atoms with Crippen LogP contribution < -0.4 is 11.1 Å². The zero-order valence-electron chi connectivity index (χ0n) is 9.79. The smallest absolute Gasteiger partial charge is 0.255 e. The number of anilines is 1. The summed E-state index contributed by atoms with van der Waals surface area (Å²) >= 11 is 0. The molecule has 0 atom stereocenters. The van der Waals surface area contributed by atoms with Gasteiger partial charge in [0, 0.05) is 6.54 Å². The Kier molecular flexibility index (Phi) is 3.00. The number of halogens is 1. The number of carbonyl (C=O) groups is 1. The predicted molar refractivity (Wildman–Crippen MR) is 62.9 cm³/mol. The molecule has 1 aliphatic carbocycles. The Morgan fingerprint density at radius 1 is 1.65 bits per heavy atom. The molecule has 0 bridgehead atoms. The van der Waals surface area contributed by atoms with E-state index >= 15 is 0 Å².